The molecule has 0 radical (unpaired) electrons. The highest BCUT2D eigenvalue weighted by Gasteiger charge is 2.30. The lowest BCUT2D eigenvalue weighted by Crippen LogP contribution is -2.49. The number of nitrogens with zero attached hydrogens (tertiary/aromatic N) is 5. The van der Waals surface area contributed by atoms with Gasteiger partial charge in [0.1, 0.15) is 6.04 Å². The summed E-state index contributed by atoms with van der Waals surface area (Å²) in [4.78, 5) is 55.5. The van der Waals surface area contributed by atoms with Crippen LogP contribution in [-0.2, 0) is 9.59 Å². The van der Waals surface area contributed by atoms with Gasteiger partial charge in [-0.15, -0.1) is 0 Å². The fourth-order valence-corrected chi connectivity index (χ4v) is 6.25. The van der Waals surface area contributed by atoms with Crippen LogP contribution in [0.4, 0.5) is 11.4 Å². The maximum absolute atomic E-state index is 13.1. The van der Waals surface area contributed by atoms with Crippen LogP contribution in [0.15, 0.2) is 53.5 Å². The zero-order valence-electron chi connectivity index (χ0n) is 23.0. The second-order valence-corrected chi connectivity index (χ2v) is 11.3. The van der Waals surface area contributed by atoms with Gasteiger partial charge in [-0.05, 0) is 67.6 Å². The molecule has 1 atom stereocenters. The Balaban J connectivity index is 1.02. The molecule has 0 bridgehead atoms. The number of amides is 3. The minimum Gasteiger partial charge on any atom is -0.372 e. The smallest absolute Gasteiger partial charge is 0.275 e. The van der Waals surface area contributed by atoms with Crippen molar-refractivity contribution in [2.24, 2.45) is 11.7 Å². The SMILES string of the molecule is NC(=O)c1ccc(N2CCC(CN3CCN(c4ccc5c(=O)n([C@@H]6CCC(=O)NC6=O)ncc5c4)CC3)CC2)cc1. The minimum atomic E-state index is -0.764. The molecule has 3 aromatic rings. The third-order valence-electron chi connectivity index (χ3n) is 8.69. The van der Waals surface area contributed by atoms with Crippen LogP contribution >= 0.6 is 0 Å². The molecule has 0 aliphatic carbocycles. The maximum atomic E-state index is 13.1. The number of carbonyl (C=O) groups excluding carboxylic acids is 3. The number of piperazine rings is 1. The molecular weight excluding hydrogens is 522 g/mol. The van der Waals surface area contributed by atoms with E-state index < -0.39 is 17.9 Å². The first kappa shape index (κ1) is 26.9. The average Bonchev–Trinajstić information content (AvgIpc) is 2.98. The number of benzene rings is 2. The van der Waals surface area contributed by atoms with Crippen molar-refractivity contribution in [3.05, 3.63) is 64.6 Å². The lowest BCUT2D eigenvalue weighted by Gasteiger charge is -2.40. The molecule has 4 heterocycles. The third-order valence-corrected chi connectivity index (χ3v) is 8.69. The number of rotatable bonds is 6. The Labute approximate surface area is 237 Å². The van der Waals surface area contributed by atoms with Crippen molar-refractivity contribution in [1.82, 2.24) is 20.0 Å². The zero-order valence-corrected chi connectivity index (χ0v) is 23.0. The van der Waals surface area contributed by atoms with E-state index in [-0.39, 0.29) is 24.3 Å². The first-order valence-electron chi connectivity index (χ1n) is 14.3. The number of aromatic nitrogens is 2. The first-order valence-corrected chi connectivity index (χ1v) is 14.3. The van der Waals surface area contributed by atoms with Crippen LogP contribution < -0.4 is 26.4 Å². The molecule has 11 heteroatoms. The van der Waals surface area contributed by atoms with Crippen LogP contribution in [0.2, 0.25) is 0 Å². The van der Waals surface area contributed by atoms with E-state index >= 15 is 0 Å². The molecule has 41 heavy (non-hydrogen) atoms. The molecule has 3 aliphatic rings. The molecule has 0 spiro atoms. The van der Waals surface area contributed by atoms with Crippen molar-refractivity contribution < 1.29 is 14.4 Å². The number of nitrogens with one attached hydrogen (secondary N) is 1. The Morgan fingerprint density at radius 1 is 0.878 bits per heavy atom. The molecule has 1 aromatic heterocycles. The Morgan fingerprint density at radius 2 is 1.56 bits per heavy atom. The van der Waals surface area contributed by atoms with Crippen molar-refractivity contribution in [3.63, 3.8) is 0 Å². The highest BCUT2D eigenvalue weighted by Crippen LogP contribution is 2.26. The lowest BCUT2D eigenvalue weighted by molar-refractivity contribution is -0.136. The summed E-state index contributed by atoms with van der Waals surface area (Å²) in [5.74, 6) is -0.530. The van der Waals surface area contributed by atoms with Gasteiger partial charge in [-0.1, -0.05) is 0 Å². The topological polar surface area (TPSA) is 134 Å². The number of carbonyl (C=O) groups is 3. The monoisotopic (exact) mass is 557 g/mol. The molecule has 3 fully saturated rings. The van der Waals surface area contributed by atoms with Crippen molar-refractivity contribution in [3.8, 4) is 0 Å². The predicted octanol–water partition coefficient (Wildman–Crippen LogP) is 1.51. The van der Waals surface area contributed by atoms with Gasteiger partial charge >= 0.3 is 0 Å². The van der Waals surface area contributed by atoms with Gasteiger partial charge < -0.3 is 15.5 Å². The second kappa shape index (κ2) is 11.3. The summed E-state index contributed by atoms with van der Waals surface area (Å²) in [5, 5.41) is 7.84. The van der Waals surface area contributed by atoms with E-state index in [0.29, 0.717) is 16.9 Å². The molecule has 6 rings (SSSR count). The number of hydrogen-bond acceptors (Lipinski definition) is 8. The number of imide groups is 1. The standard InChI is InChI=1S/C30H35N7O4/c31-28(39)21-1-3-23(4-2-21)35-11-9-20(10-12-35)19-34-13-15-36(16-14-34)24-5-6-25-22(17-24)18-32-37(30(25)41)26-7-8-27(38)33-29(26)40/h1-6,17-18,20,26H,7-16,19H2,(H2,31,39)(H,33,38,40)/t26-/m1/s1. The molecule has 0 saturated carbocycles. The predicted molar refractivity (Wildman–Crippen MR) is 156 cm³/mol. The molecule has 11 nitrogen and oxygen atoms in total. The second-order valence-electron chi connectivity index (χ2n) is 11.3. The Morgan fingerprint density at radius 3 is 2.24 bits per heavy atom. The summed E-state index contributed by atoms with van der Waals surface area (Å²) >= 11 is 0. The summed E-state index contributed by atoms with van der Waals surface area (Å²) in [6.07, 6.45) is 4.40. The van der Waals surface area contributed by atoms with E-state index in [1.807, 2.05) is 30.3 Å². The van der Waals surface area contributed by atoms with Crippen LogP contribution in [0.3, 0.4) is 0 Å². The van der Waals surface area contributed by atoms with Crippen LogP contribution in [0.1, 0.15) is 42.1 Å². The lowest BCUT2D eigenvalue weighted by atomic mass is 9.95. The van der Waals surface area contributed by atoms with E-state index in [2.05, 4.69) is 25.1 Å². The third kappa shape index (κ3) is 5.67. The average molecular weight is 558 g/mol. The van der Waals surface area contributed by atoms with Gasteiger partial charge in [0.15, 0.2) is 0 Å². The molecule has 0 unspecified atom stereocenters. The van der Waals surface area contributed by atoms with E-state index in [4.69, 9.17) is 5.73 Å². The van der Waals surface area contributed by atoms with Crippen LogP contribution in [0.25, 0.3) is 10.8 Å². The van der Waals surface area contributed by atoms with Crippen molar-refractivity contribution in [2.75, 3.05) is 55.6 Å². The molecule has 214 valence electrons. The normalized spacial score (nSPS) is 20.8. The van der Waals surface area contributed by atoms with Gasteiger partial charge in [-0.3, -0.25) is 29.4 Å². The summed E-state index contributed by atoms with van der Waals surface area (Å²) < 4.78 is 1.20. The molecule has 2 aromatic carbocycles. The number of piperidine rings is 2. The van der Waals surface area contributed by atoms with Crippen molar-refractivity contribution >= 4 is 39.9 Å². The molecule has 3 amide bonds. The van der Waals surface area contributed by atoms with Crippen LogP contribution in [0, 0.1) is 5.92 Å². The Kier molecular flexibility index (Phi) is 7.44. The summed E-state index contributed by atoms with van der Waals surface area (Å²) in [7, 11) is 0. The highest BCUT2D eigenvalue weighted by atomic mass is 16.2. The number of hydrogen-bond donors (Lipinski definition) is 2. The van der Waals surface area contributed by atoms with E-state index in [1.165, 1.54) is 4.68 Å². The number of primary amides is 1. The van der Waals surface area contributed by atoms with Gasteiger partial charge in [0, 0.05) is 74.6 Å². The van der Waals surface area contributed by atoms with Gasteiger partial charge in [0.2, 0.25) is 11.8 Å². The highest BCUT2D eigenvalue weighted by molar-refractivity contribution is 5.99. The summed E-state index contributed by atoms with van der Waals surface area (Å²) in [6.45, 7) is 6.93. The molecule has 3 aliphatic heterocycles. The minimum absolute atomic E-state index is 0.195. The van der Waals surface area contributed by atoms with Crippen LogP contribution in [-0.4, -0.2) is 78.2 Å². The number of anilines is 2. The van der Waals surface area contributed by atoms with Crippen molar-refractivity contribution in [2.45, 2.75) is 31.7 Å². The number of fused-ring (bicyclic) bond motifs is 1. The van der Waals surface area contributed by atoms with Crippen LogP contribution in [0.5, 0.6) is 0 Å². The first-order chi connectivity index (χ1) is 19.9. The van der Waals surface area contributed by atoms with E-state index in [0.717, 1.165) is 75.4 Å². The largest absolute Gasteiger partial charge is 0.372 e. The number of nitrogens with two attached hydrogens (primary N) is 1. The molecule has 3 N–H and O–H groups in total. The van der Waals surface area contributed by atoms with Gasteiger partial charge in [0.05, 0.1) is 11.6 Å². The Bertz CT molecular complexity index is 1520. The van der Waals surface area contributed by atoms with Gasteiger partial charge in [0.25, 0.3) is 11.5 Å². The summed E-state index contributed by atoms with van der Waals surface area (Å²) in [6, 6.07) is 12.6. The van der Waals surface area contributed by atoms with Gasteiger partial charge in [-0.2, -0.15) is 5.10 Å². The van der Waals surface area contributed by atoms with E-state index in [9.17, 15) is 19.2 Å². The zero-order chi connectivity index (χ0) is 28.5. The summed E-state index contributed by atoms with van der Waals surface area (Å²) in [5.41, 5.74) is 7.78. The van der Waals surface area contributed by atoms with Gasteiger partial charge in [-0.25, -0.2) is 4.68 Å². The molecular formula is C30H35N7O4. The Hall–Kier alpha value is -4.25. The van der Waals surface area contributed by atoms with E-state index in [1.54, 1.807) is 18.3 Å². The maximum Gasteiger partial charge on any atom is 0.275 e. The quantitative estimate of drug-likeness (QED) is 0.436. The molecule has 3 saturated heterocycles. The fourth-order valence-electron chi connectivity index (χ4n) is 6.25. The fraction of sp³-hybridized carbons (Fsp3) is 0.433. The van der Waals surface area contributed by atoms with Crippen molar-refractivity contribution in [1.29, 1.82) is 0 Å².